The molecule has 0 radical (unpaired) electrons. The number of urea groups is 1. The molecule has 4 aromatic rings. The van der Waals surface area contributed by atoms with Crippen LogP contribution in [-0.4, -0.2) is 28.3 Å². The number of hydrogen-bond donors (Lipinski definition) is 3. The zero-order chi connectivity index (χ0) is 20.8. The van der Waals surface area contributed by atoms with Gasteiger partial charge in [0.1, 0.15) is 5.75 Å². The van der Waals surface area contributed by atoms with Crippen molar-refractivity contribution in [3.63, 3.8) is 0 Å². The number of benzene rings is 2. The smallest absolute Gasteiger partial charge is 0.319 e. The fraction of sp³-hybridized carbons (Fsp3) is 0.0870. The molecule has 2 aromatic heterocycles. The van der Waals surface area contributed by atoms with Crippen LogP contribution in [-0.2, 0) is 6.54 Å². The SMILES string of the molecule is COc1ccc(NC(=O)NCc2cccc(-c3[nH]ncc3-c3ccncc3)c2)cc1. The number of pyridine rings is 1. The number of nitrogens with one attached hydrogen (secondary N) is 3. The summed E-state index contributed by atoms with van der Waals surface area (Å²) in [6.45, 7) is 0.397. The molecular weight excluding hydrogens is 378 g/mol. The summed E-state index contributed by atoms with van der Waals surface area (Å²) in [5, 5.41) is 13.0. The third kappa shape index (κ3) is 4.47. The molecule has 0 spiro atoms. The van der Waals surface area contributed by atoms with Crippen molar-refractivity contribution in [1.82, 2.24) is 20.5 Å². The van der Waals surface area contributed by atoms with Gasteiger partial charge in [-0.2, -0.15) is 5.10 Å². The van der Waals surface area contributed by atoms with Gasteiger partial charge in [-0.05, 0) is 53.6 Å². The van der Waals surface area contributed by atoms with Gasteiger partial charge in [-0.3, -0.25) is 10.1 Å². The summed E-state index contributed by atoms with van der Waals surface area (Å²) in [6, 6.07) is 18.8. The maximum absolute atomic E-state index is 12.2. The molecule has 0 aliphatic rings. The van der Waals surface area contributed by atoms with E-state index >= 15 is 0 Å². The first-order valence-electron chi connectivity index (χ1n) is 9.45. The van der Waals surface area contributed by atoms with E-state index in [1.807, 2.05) is 36.4 Å². The molecule has 2 heterocycles. The molecule has 3 N–H and O–H groups in total. The lowest BCUT2D eigenvalue weighted by atomic mass is 10.0. The van der Waals surface area contributed by atoms with Crippen molar-refractivity contribution in [3.05, 3.63) is 84.8 Å². The summed E-state index contributed by atoms with van der Waals surface area (Å²) >= 11 is 0. The molecule has 0 aliphatic heterocycles. The highest BCUT2D eigenvalue weighted by Crippen LogP contribution is 2.30. The monoisotopic (exact) mass is 399 g/mol. The lowest BCUT2D eigenvalue weighted by molar-refractivity contribution is 0.251. The van der Waals surface area contributed by atoms with Gasteiger partial charge in [-0.15, -0.1) is 0 Å². The van der Waals surface area contributed by atoms with E-state index in [1.54, 1.807) is 50.0 Å². The standard InChI is InChI=1S/C23H21N5O2/c1-30-20-7-5-19(6-8-20)27-23(29)25-14-16-3-2-4-18(13-16)22-21(15-26-28-22)17-9-11-24-12-10-17/h2-13,15H,14H2,1H3,(H,26,28)(H2,25,27,29). The second kappa shape index (κ2) is 8.91. The number of amides is 2. The Morgan fingerprint density at radius 1 is 1.03 bits per heavy atom. The van der Waals surface area contributed by atoms with Crippen LogP contribution in [0.5, 0.6) is 5.75 Å². The van der Waals surface area contributed by atoms with E-state index in [4.69, 9.17) is 4.74 Å². The van der Waals surface area contributed by atoms with E-state index in [1.165, 1.54) is 0 Å². The van der Waals surface area contributed by atoms with E-state index < -0.39 is 0 Å². The maximum Gasteiger partial charge on any atom is 0.319 e. The van der Waals surface area contributed by atoms with Crippen molar-refractivity contribution in [2.45, 2.75) is 6.54 Å². The molecule has 0 saturated heterocycles. The summed E-state index contributed by atoms with van der Waals surface area (Å²) in [5.74, 6) is 0.739. The van der Waals surface area contributed by atoms with Gasteiger partial charge in [0.25, 0.3) is 0 Å². The van der Waals surface area contributed by atoms with Crippen LogP contribution in [0.2, 0.25) is 0 Å². The minimum absolute atomic E-state index is 0.274. The van der Waals surface area contributed by atoms with Crippen LogP contribution in [0, 0.1) is 0 Å². The van der Waals surface area contributed by atoms with Crippen LogP contribution in [0.25, 0.3) is 22.4 Å². The second-order valence-electron chi connectivity index (χ2n) is 6.63. The summed E-state index contributed by atoms with van der Waals surface area (Å²) in [7, 11) is 1.60. The van der Waals surface area contributed by atoms with Crippen LogP contribution < -0.4 is 15.4 Å². The second-order valence-corrected chi connectivity index (χ2v) is 6.63. The third-order valence-corrected chi connectivity index (χ3v) is 4.65. The zero-order valence-corrected chi connectivity index (χ0v) is 16.4. The summed E-state index contributed by atoms with van der Waals surface area (Å²) in [4.78, 5) is 16.3. The number of hydrogen-bond acceptors (Lipinski definition) is 4. The topological polar surface area (TPSA) is 91.9 Å². The number of aromatic nitrogens is 3. The number of carbonyl (C=O) groups excluding carboxylic acids is 1. The highest BCUT2D eigenvalue weighted by molar-refractivity contribution is 5.89. The minimum atomic E-state index is -0.274. The average Bonchev–Trinajstić information content (AvgIpc) is 3.29. The predicted molar refractivity (Wildman–Crippen MR) is 116 cm³/mol. The Balaban J connectivity index is 1.43. The zero-order valence-electron chi connectivity index (χ0n) is 16.4. The van der Waals surface area contributed by atoms with Gasteiger partial charge in [0, 0.05) is 35.8 Å². The lowest BCUT2D eigenvalue weighted by Crippen LogP contribution is -2.28. The molecule has 0 saturated carbocycles. The van der Waals surface area contributed by atoms with Gasteiger partial charge in [-0.1, -0.05) is 18.2 Å². The van der Waals surface area contributed by atoms with Crippen molar-refractivity contribution in [2.75, 3.05) is 12.4 Å². The Morgan fingerprint density at radius 3 is 2.60 bits per heavy atom. The molecule has 0 fully saturated rings. The summed E-state index contributed by atoms with van der Waals surface area (Å²) < 4.78 is 5.12. The van der Waals surface area contributed by atoms with Crippen molar-refractivity contribution in [2.24, 2.45) is 0 Å². The van der Waals surface area contributed by atoms with E-state index in [0.717, 1.165) is 33.7 Å². The summed E-state index contributed by atoms with van der Waals surface area (Å²) in [6.07, 6.45) is 5.32. The van der Waals surface area contributed by atoms with Crippen molar-refractivity contribution in [1.29, 1.82) is 0 Å². The number of aromatic amines is 1. The largest absolute Gasteiger partial charge is 0.497 e. The molecule has 4 rings (SSSR count). The van der Waals surface area contributed by atoms with Gasteiger partial charge in [0.2, 0.25) is 0 Å². The molecule has 7 nitrogen and oxygen atoms in total. The van der Waals surface area contributed by atoms with Crippen LogP contribution in [0.1, 0.15) is 5.56 Å². The van der Waals surface area contributed by atoms with Gasteiger partial charge < -0.3 is 15.4 Å². The van der Waals surface area contributed by atoms with E-state index in [-0.39, 0.29) is 6.03 Å². The first kappa shape index (κ1) is 19.2. The molecule has 0 aliphatic carbocycles. The number of methoxy groups -OCH3 is 1. The van der Waals surface area contributed by atoms with Gasteiger partial charge >= 0.3 is 6.03 Å². The molecule has 2 amide bonds. The molecule has 30 heavy (non-hydrogen) atoms. The van der Waals surface area contributed by atoms with Crippen molar-refractivity contribution < 1.29 is 9.53 Å². The Labute approximate surface area is 174 Å². The molecule has 7 heteroatoms. The molecule has 0 atom stereocenters. The van der Waals surface area contributed by atoms with Crippen LogP contribution in [0.15, 0.2) is 79.3 Å². The number of rotatable bonds is 6. The first-order valence-corrected chi connectivity index (χ1v) is 9.45. The van der Waals surface area contributed by atoms with Crippen LogP contribution >= 0.6 is 0 Å². The molecule has 0 bridgehead atoms. The van der Waals surface area contributed by atoms with Crippen LogP contribution in [0.4, 0.5) is 10.5 Å². The Morgan fingerprint density at radius 2 is 1.83 bits per heavy atom. The molecular formula is C23H21N5O2. The number of carbonyl (C=O) groups is 1. The molecule has 150 valence electrons. The number of ether oxygens (including phenoxy) is 1. The highest BCUT2D eigenvalue weighted by Gasteiger charge is 2.10. The fourth-order valence-electron chi connectivity index (χ4n) is 3.13. The van der Waals surface area contributed by atoms with E-state index in [2.05, 4.69) is 25.8 Å². The first-order chi connectivity index (χ1) is 14.7. The average molecular weight is 399 g/mol. The number of H-pyrrole nitrogens is 1. The number of anilines is 1. The predicted octanol–water partition coefficient (Wildman–Crippen LogP) is 4.47. The van der Waals surface area contributed by atoms with E-state index in [0.29, 0.717) is 12.2 Å². The van der Waals surface area contributed by atoms with Crippen molar-refractivity contribution in [3.8, 4) is 28.1 Å². The maximum atomic E-state index is 12.2. The highest BCUT2D eigenvalue weighted by atomic mass is 16.5. The lowest BCUT2D eigenvalue weighted by Gasteiger charge is -2.10. The fourth-order valence-corrected chi connectivity index (χ4v) is 3.13. The van der Waals surface area contributed by atoms with Gasteiger partial charge in [0.05, 0.1) is 19.0 Å². The third-order valence-electron chi connectivity index (χ3n) is 4.65. The Kier molecular flexibility index (Phi) is 5.70. The quantitative estimate of drug-likeness (QED) is 0.446. The van der Waals surface area contributed by atoms with Crippen molar-refractivity contribution >= 4 is 11.7 Å². The number of nitrogens with zero attached hydrogens (tertiary/aromatic N) is 2. The Bertz CT molecular complexity index is 1120. The van der Waals surface area contributed by atoms with E-state index in [9.17, 15) is 4.79 Å². The van der Waals surface area contributed by atoms with Crippen LogP contribution in [0.3, 0.4) is 0 Å². The normalized spacial score (nSPS) is 10.4. The summed E-state index contributed by atoms with van der Waals surface area (Å²) in [5.41, 5.74) is 5.63. The van der Waals surface area contributed by atoms with Gasteiger partial charge in [-0.25, -0.2) is 4.79 Å². The Hall–Kier alpha value is -4.13. The van der Waals surface area contributed by atoms with Gasteiger partial charge in [0.15, 0.2) is 0 Å². The minimum Gasteiger partial charge on any atom is -0.497 e. The molecule has 0 unspecified atom stereocenters. The molecule has 2 aromatic carbocycles.